The molecule has 2 aliphatic rings. The van der Waals surface area contributed by atoms with Gasteiger partial charge in [0.2, 0.25) is 5.36 Å². The average Bonchev–Trinajstić information content (AvgIpc) is 2.58. The van der Waals surface area contributed by atoms with E-state index in [9.17, 15) is 0 Å². The highest BCUT2D eigenvalue weighted by Gasteiger charge is 2.11. The van der Waals surface area contributed by atoms with E-state index in [1.165, 1.54) is 33.5 Å². The van der Waals surface area contributed by atoms with Gasteiger partial charge in [0.05, 0.1) is 20.8 Å². The second-order valence-electron chi connectivity index (χ2n) is 6.40. The molecule has 0 aromatic heterocycles. The van der Waals surface area contributed by atoms with Gasteiger partial charge in [-0.2, -0.15) is 0 Å². The van der Waals surface area contributed by atoms with E-state index in [2.05, 4.69) is 73.8 Å². The second-order valence-corrected chi connectivity index (χ2v) is 7.48. The van der Waals surface area contributed by atoms with Gasteiger partial charge < -0.3 is 28.9 Å². The van der Waals surface area contributed by atoms with E-state index in [0.29, 0.717) is 0 Å². The summed E-state index contributed by atoms with van der Waals surface area (Å²) >= 11 is 1.83. The number of hydrogen-bond acceptors (Lipinski definition) is 3. The first-order valence-corrected chi connectivity index (χ1v) is 9.54. The summed E-state index contributed by atoms with van der Waals surface area (Å²) in [4.78, 5) is 8.56. The molecule has 3 nitrogen and oxygen atoms in total. The maximum absolute atomic E-state index is 4.84. The number of fused-ring (bicyclic) bond motifs is 2. The van der Waals surface area contributed by atoms with Crippen molar-refractivity contribution in [1.29, 1.82) is 0 Å². The van der Waals surface area contributed by atoms with Crippen molar-refractivity contribution >= 4 is 27.2 Å². The van der Waals surface area contributed by atoms with Crippen molar-refractivity contribution in [2.75, 3.05) is 32.1 Å². The highest BCUT2D eigenvalue weighted by atomic mass is 127. The summed E-state index contributed by atoms with van der Waals surface area (Å²) in [6.45, 7) is 6.69. The minimum absolute atomic E-state index is 0. The van der Waals surface area contributed by atoms with E-state index >= 15 is 0 Å². The predicted molar refractivity (Wildman–Crippen MR) is 106 cm³/mol. The molecule has 1 heterocycles. The Labute approximate surface area is 171 Å². The van der Waals surface area contributed by atoms with Gasteiger partial charge in [-0.25, -0.2) is 9.56 Å². The number of halogens is 1. The number of rotatable bonds is 5. The lowest BCUT2D eigenvalue weighted by molar-refractivity contribution is -0.00000498. The smallest absolute Gasteiger partial charge is 0.201 e. The van der Waals surface area contributed by atoms with E-state index < -0.39 is 0 Å². The standard InChI is InChI=1S/C20H26N3S.HI/c1-5-11-23(12-6-2)16-8-10-18-20(14-16)24-19-13-15(22(3)4)7-9-17(19)21-18;/h7-10,13-14H,5-6,11-12H2,1-4H3;1H/q+1;/p-1. The molecule has 0 saturated carbocycles. The lowest BCUT2D eigenvalue weighted by atomic mass is 10.2. The van der Waals surface area contributed by atoms with Crippen LogP contribution in [0.15, 0.2) is 36.4 Å². The highest BCUT2D eigenvalue weighted by Crippen LogP contribution is 2.32. The van der Waals surface area contributed by atoms with Crippen molar-refractivity contribution in [1.82, 2.24) is 9.56 Å². The predicted octanol–water partition coefficient (Wildman–Crippen LogP) is 1.06. The molecule has 1 aliphatic heterocycles. The number of aromatic nitrogens is 1. The van der Waals surface area contributed by atoms with Gasteiger partial charge >= 0.3 is 0 Å². The molecule has 0 radical (unpaired) electrons. The summed E-state index contributed by atoms with van der Waals surface area (Å²) in [5.41, 5.74) is 3.47. The van der Waals surface area contributed by atoms with Crippen LogP contribution in [0.5, 0.6) is 0 Å². The van der Waals surface area contributed by atoms with Gasteiger partial charge in [0.25, 0.3) is 0 Å². The first-order chi connectivity index (χ1) is 11.6. The van der Waals surface area contributed by atoms with E-state index in [1.54, 1.807) is 0 Å². The molecule has 5 heteroatoms. The molecule has 0 fully saturated rings. The Morgan fingerprint density at radius 3 is 2.36 bits per heavy atom. The maximum atomic E-state index is 4.84. The van der Waals surface area contributed by atoms with Crippen LogP contribution in [0.2, 0.25) is 0 Å². The van der Waals surface area contributed by atoms with Gasteiger partial charge in [-0.15, -0.1) is 11.3 Å². The molecule has 0 saturated heterocycles. The largest absolute Gasteiger partial charge is 1.00 e. The van der Waals surface area contributed by atoms with Crippen LogP contribution in [-0.4, -0.2) is 32.2 Å². The molecule has 0 atom stereocenters. The molecular formula is C20H26IN3S. The summed E-state index contributed by atoms with van der Waals surface area (Å²) in [7, 11) is 4.15. The first-order valence-electron chi connectivity index (χ1n) is 8.72. The van der Waals surface area contributed by atoms with Gasteiger partial charge in [0, 0.05) is 30.9 Å². The molecular weight excluding hydrogens is 441 g/mol. The second kappa shape index (κ2) is 8.94. The number of hydrogen-bond donors (Lipinski definition) is 0. The molecule has 1 aromatic rings. The molecule has 0 spiro atoms. The van der Waals surface area contributed by atoms with Crippen LogP contribution in [-0.2, 0) is 0 Å². The summed E-state index contributed by atoms with van der Waals surface area (Å²) in [5.74, 6) is 0. The molecule has 0 unspecified atom stereocenters. The third-order valence-electron chi connectivity index (χ3n) is 4.22. The Balaban J connectivity index is 0.00000225. The fourth-order valence-electron chi connectivity index (χ4n) is 2.99. The molecule has 25 heavy (non-hydrogen) atoms. The van der Waals surface area contributed by atoms with Crippen LogP contribution >= 0.6 is 11.3 Å². The van der Waals surface area contributed by atoms with Crippen LogP contribution < -0.4 is 38.8 Å². The fourth-order valence-corrected chi connectivity index (χ4v) is 4.02. The summed E-state index contributed by atoms with van der Waals surface area (Å²) in [6, 6.07) is 13.2. The quantitative estimate of drug-likeness (QED) is 0.318. The lowest BCUT2D eigenvalue weighted by Gasteiger charge is -2.24. The van der Waals surface area contributed by atoms with Gasteiger partial charge in [-0.3, -0.25) is 0 Å². The van der Waals surface area contributed by atoms with E-state index in [-0.39, 0.29) is 24.0 Å². The molecule has 134 valence electrons. The van der Waals surface area contributed by atoms with Crippen LogP contribution in [0.25, 0.3) is 20.8 Å². The molecule has 3 rings (SSSR count). The topological polar surface area (TPSA) is 19.1 Å². The van der Waals surface area contributed by atoms with E-state index in [4.69, 9.17) is 4.98 Å². The Morgan fingerprint density at radius 2 is 1.72 bits per heavy atom. The number of nitrogens with zero attached hydrogens (tertiary/aromatic N) is 3. The van der Waals surface area contributed by atoms with Gasteiger partial charge in [-0.05, 0) is 37.1 Å². The van der Waals surface area contributed by atoms with Crippen LogP contribution in [0.1, 0.15) is 26.7 Å². The molecule has 0 bridgehead atoms. The zero-order valence-electron chi connectivity index (χ0n) is 15.4. The van der Waals surface area contributed by atoms with Crippen molar-refractivity contribution in [3.8, 4) is 10.6 Å². The van der Waals surface area contributed by atoms with Gasteiger partial charge in [0.1, 0.15) is 14.1 Å². The minimum atomic E-state index is 0. The summed E-state index contributed by atoms with van der Waals surface area (Å²) in [6.07, 6.45) is 2.34. The number of benzene rings is 2. The first kappa shape index (κ1) is 20.1. The van der Waals surface area contributed by atoms with Gasteiger partial charge in [-0.1, -0.05) is 13.8 Å². The third kappa shape index (κ3) is 4.50. The van der Waals surface area contributed by atoms with Crippen LogP contribution in [0.3, 0.4) is 0 Å². The Hall–Kier alpha value is -1.21. The lowest BCUT2D eigenvalue weighted by Crippen LogP contribution is -3.00. The van der Waals surface area contributed by atoms with E-state index in [0.717, 1.165) is 24.3 Å². The van der Waals surface area contributed by atoms with Crippen molar-refractivity contribution in [3.05, 3.63) is 41.8 Å². The van der Waals surface area contributed by atoms with Crippen LogP contribution in [0.4, 0.5) is 5.69 Å². The molecule has 0 amide bonds. The van der Waals surface area contributed by atoms with Gasteiger partial charge in [0.15, 0.2) is 0 Å². The average molecular weight is 467 g/mol. The monoisotopic (exact) mass is 467 g/mol. The molecule has 1 aromatic carbocycles. The maximum Gasteiger partial charge on any atom is 0.201 e. The molecule has 1 aliphatic carbocycles. The zero-order chi connectivity index (χ0) is 17.1. The van der Waals surface area contributed by atoms with Crippen molar-refractivity contribution in [3.63, 3.8) is 0 Å². The molecule has 0 N–H and O–H groups in total. The summed E-state index contributed by atoms with van der Waals surface area (Å²) < 4.78 is 3.39. The Bertz CT molecular complexity index is 878. The van der Waals surface area contributed by atoms with Crippen molar-refractivity contribution in [2.45, 2.75) is 26.7 Å². The normalized spacial score (nSPS) is 10.7. The fraction of sp³-hybridized carbons (Fsp3) is 0.400. The van der Waals surface area contributed by atoms with Crippen LogP contribution in [0, 0.1) is 0 Å². The SMILES string of the molecule is CCCN(CCC)c1ccc2nc3ccc(=[N+](C)C)cc-3sc2c1.[I-]. The summed E-state index contributed by atoms with van der Waals surface area (Å²) in [5, 5.41) is 1.22. The highest BCUT2D eigenvalue weighted by molar-refractivity contribution is 7.21. The number of anilines is 1. The Morgan fingerprint density at radius 1 is 1.00 bits per heavy atom. The third-order valence-corrected chi connectivity index (χ3v) is 5.31. The van der Waals surface area contributed by atoms with E-state index in [1.807, 2.05) is 11.3 Å². The minimum Gasteiger partial charge on any atom is -1.00 e. The van der Waals surface area contributed by atoms with Crippen molar-refractivity contribution < 1.29 is 24.0 Å². The Kier molecular flexibility index (Phi) is 7.19. The van der Waals surface area contributed by atoms with Crippen molar-refractivity contribution in [2.24, 2.45) is 0 Å². The zero-order valence-corrected chi connectivity index (χ0v) is 18.4.